The van der Waals surface area contributed by atoms with Crippen LogP contribution in [-0.2, 0) is 6.54 Å². The average Bonchev–Trinajstić information content (AvgIpc) is 2.29. The maximum absolute atomic E-state index is 13.2. The topological polar surface area (TPSA) is 29.3 Å². The standard InChI is InChI=1S/C15H25FN2/c1-4-8-18(12-15(2,3)11-17)10-13-6-5-7-14(16)9-13/h5-7,9H,4,8,10-12,17H2,1-3H3. The zero-order valence-electron chi connectivity index (χ0n) is 11.7. The Kier molecular flexibility index (Phi) is 5.76. The molecule has 0 aromatic heterocycles. The average molecular weight is 252 g/mol. The molecule has 0 bridgehead atoms. The van der Waals surface area contributed by atoms with Gasteiger partial charge in [-0.25, -0.2) is 4.39 Å². The van der Waals surface area contributed by atoms with Crippen LogP contribution in [0.15, 0.2) is 24.3 Å². The van der Waals surface area contributed by atoms with E-state index in [0.29, 0.717) is 6.54 Å². The second kappa shape index (κ2) is 6.86. The summed E-state index contributed by atoms with van der Waals surface area (Å²) in [6.45, 7) is 9.90. The predicted molar refractivity (Wildman–Crippen MR) is 74.8 cm³/mol. The third-order valence-electron chi connectivity index (χ3n) is 3.04. The minimum absolute atomic E-state index is 0.0997. The molecule has 0 spiro atoms. The van der Waals surface area contributed by atoms with Crippen LogP contribution in [0.2, 0.25) is 0 Å². The first-order chi connectivity index (χ1) is 8.46. The van der Waals surface area contributed by atoms with E-state index < -0.39 is 0 Å². The van der Waals surface area contributed by atoms with Gasteiger partial charge in [-0.1, -0.05) is 32.9 Å². The summed E-state index contributed by atoms with van der Waals surface area (Å²) in [5, 5.41) is 0. The third-order valence-corrected chi connectivity index (χ3v) is 3.04. The monoisotopic (exact) mass is 252 g/mol. The van der Waals surface area contributed by atoms with Gasteiger partial charge in [0.25, 0.3) is 0 Å². The van der Waals surface area contributed by atoms with Gasteiger partial charge >= 0.3 is 0 Å². The maximum Gasteiger partial charge on any atom is 0.123 e. The number of nitrogens with zero attached hydrogens (tertiary/aromatic N) is 1. The van der Waals surface area contributed by atoms with E-state index in [4.69, 9.17) is 5.73 Å². The Morgan fingerprint density at radius 3 is 2.61 bits per heavy atom. The van der Waals surface area contributed by atoms with Crippen LogP contribution in [0.4, 0.5) is 4.39 Å². The lowest BCUT2D eigenvalue weighted by atomic mass is 9.93. The number of rotatable bonds is 7. The maximum atomic E-state index is 13.2. The van der Waals surface area contributed by atoms with Gasteiger partial charge in [0.15, 0.2) is 0 Å². The van der Waals surface area contributed by atoms with Crippen LogP contribution in [0.5, 0.6) is 0 Å². The summed E-state index contributed by atoms with van der Waals surface area (Å²) in [6, 6.07) is 6.83. The summed E-state index contributed by atoms with van der Waals surface area (Å²) in [6.07, 6.45) is 1.09. The molecule has 1 aromatic carbocycles. The van der Waals surface area contributed by atoms with Gasteiger partial charge in [0.05, 0.1) is 0 Å². The molecule has 3 heteroatoms. The molecule has 18 heavy (non-hydrogen) atoms. The zero-order chi connectivity index (χ0) is 13.6. The quantitative estimate of drug-likeness (QED) is 0.808. The summed E-state index contributed by atoms with van der Waals surface area (Å²) >= 11 is 0. The molecule has 0 aliphatic carbocycles. The Labute approximate surface area is 110 Å². The molecule has 0 fully saturated rings. The van der Waals surface area contributed by atoms with Crippen LogP contribution < -0.4 is 5.73 Å². The fourth-order valence-corrected chi connectivity index (χ4v) is 2.09. The van der Waals surface area contributed by atoms with Gasteiger partial charge < -0.3 is 5.73 Å². The normalized spacial score (nSPS) is 12.1. The Hall–Kier alpha value is -0.930. The van der Waals surface area contributed by atoms with Crippen molar-refractivity contribution in [3.63, 3.8) is 0 Å². The lowest BCUT2D eigenvalue weighted by molar-refractivity contribution is 0.176. The summed E-state index contributed by atoms with van der Waals surface area (Å²) in [5.41, 5.74) is 6.91. The van der Waals surface area contributed by atoms with Crippen molar-refractivity contribution in [2.45, 2.75) is 33.7 Å². The first-order valence-electron chi connectivity index (χ1n) is 6.64. The Balaban J connectivity index is 2.68. The van der Waals surface area contributed by atoms with E-state index in [9.17, 15) is 4.39 Å². The van der Waals surface area contributed by atoms with Crippen molar-refractivity contribution in [2.24, 2.45) is 11.1 Å². The van der Waals surface area contributed by atoms with E-state index in [1.807, 2.05) is 6.07 Å². The molecule has 2 N–H and O–H groups in total. The van der Waals surface area contributed by atoms with Crippen LogP contribution in [0.1, 0.15) is 32.8 Å². The summed E-state index contributed by atoms with van der Waals surface area (Å²) in [4.78, 5) is 2.35. The van der Waals surface area contributed by atoms with E-state index >= 15 is 0 Å². The number of hydrogen-bond donors (Lipinski definition) is 1. The van der Waals surface area contributed by atoms with Crippen molar-refractivity contribution in [1.29, 1.82) is 0 Å². The molecule has 0 saturated carbocycles. The number of nitrogens with two attached hydrogens (primary N) is 1. The van der Waals surface area contributed by atoms with Crippen LogP contribution in [0.3, 0.4) is 0 Å². The van der Waals surface area contributed by atoms with E-state index in [1.54, 1.807) is 12.1 Å². The van der Waals surface area contributed by atoms with Crippen LogP contribution in [-0.4, -0.2) is 24.5 Å². The van der Waals surface area contributed by atoms with Gasteiger partial charge in [-0.15, -0.1) is 0 Å². The van der Waals surface area contributed by atoms with Gasteiger partial charge in [-0.2, -0.15) is 0 Å². The molecule has 1 rings (SSSR count). The van der Waals surface area contributed by atoms with Crippen LogP contribution >= 0.6 is 0 Å². The number of halogens is 1. The fraction of sp³-hybridized carbons (Fsp3) is 0.600. The molecular formula is C15H25FN2. The Bertz CT molecular complexity index is 363. The molecule has 0 unspecified atom stereocenters. The van der Waals surface area contributed by atoms with Crippen LogP contribution in [0, 0.1) is 11.2 Å². The number of benzene rings is 1. The van der Waals surface area contributed by atoms with Gasteiger partial charge in [-0.05, 0) is 42.6 Å². The molecule has 2 nitrogen and oxygen atoms in total. The molecule has 0 aliphatic heterocycles. The fourth-order valence-electron chi connectivity index (χ4n) is 2.09. The molecular weight excluding hydrogens is 227 g/mol. The highest BCUT2D eigenvalue weighted by Crippen LogP contribution is 2.17. The second-order valence-corrected chi connectivity index (χ2v) is 5.71. The molecule has 102 valence electrons. The second-order valence-electron chi connectivity index (χ2n) is 5.71. The summed E-state index contributed by atoms with van der Waals surface area (Å²) in [7, 11) is 0. The molecule has 0 aliphatic rings. The summed E-state index contributed by atoms with van der Waals surface area (Å²) < 4.78 is 13.2. The van der Waals surface area contributed by atoms with Gasteiger partial charge in [-0.3, -0.25) is 4.90 Å². The molecule has 0 atom stereocenters. The smallest absolute Gasteiger partial charge is 0.123 e. The minimum atomic E-state index is -0.165. The largest absolute Gasteiger partial charge is 0.330 e. The lowest BCUT2D eigenvalue weighted by Crippen LogP contribution is -2.38. The number of hydrogen-bond acceptors (Lipinski definition) is 2. The van der Waals surface area contributed by atoms with Crippen LogP contribution in [0.25, 0.3) is 0 Å². The van der Waals surface area contributed by atoms with Gasteiger partial charge in [0.1, 0.15) is 5.82 Å². The van der Waals surface area contributed by atoms with E-state index in [0.717, 1.165) is 31.6 Å². The lowest BCUT2D eigenvalue weighted by Gasteiger charge is -2.31. The third kappa shape index (κ3) is 5.15. The molecule has 0 amide bonds. The first kappa shape index (κ1) is 15.1. The molecule has 1 aromatic rings. The Morgan fingerprint density at radius 1 is 1.33 bits per heavy atom. The zero-order valence-corrected chi connectivity index (χ0v) is 11.7. The van der Waals surface area contributed by atoms with Crippen molar-refractivity contribution in [1.82, 2.24) is 4.90 Å². The van der Waals surface area contributed by atoms with Gasteiger partial charge in [0, 0.05) is 13.1 Å². The van der Waals surface area contributed by atoms with E-state index in [-0.39, 0.29) is 11.2 Å². The van der Waals surface area contributed by atoms with Crippen molar-refractivity contribution in [3.05, 3.63) is 35.6 Å². The highest BCUT2D eigenvalue weighted by Gasteiger charge is 2.19. The Morgan fingerprint density at radius 2 is 2.06 bits per heavy atom. The predicted octanol–water partition coefficient (Wildman–Crippen LogP) is 3.02. The highest BCUT2D eigenvalue weighted by atomic mass is 19.1. The van der Waals surface area contributed by atoms with Crippen molar-refractivity contribution < 1.29 is 4.39 Å². The molecule has 0 radical (unpaired) electrons. The van der Waals surface area contributed by atoms with E-state index in [2.05, 4.69) is 25.7 Å². The molecule has 0 heterocycles. The summed E-state index contributed by atoms with van der Waals surface area (Å²) in [5.74, 6) is -0.165. The van der Waals surface area contributed by atoms with Crippen molar-refractivity contribution in [3.8, 4) is 0 Å². The van der Waals surface area contributed by atoms with Gasteiger partial charge in [0.2, 0.25) is 0 Å². The SMILES string of the molecule is CCCN(Cc1cccc(F)c1)CC(C)(C)CN. The van der Waals surface area contributed by atoms with Crippen molar-refractivity contribution in [2.75, 3.05) is 19.6 Å². The van der Waals surface area contributed by atoms with Crippen molar-refractivity contribution >= 4 is 0 Å². The minimum Gasteiger partial charge on any atom is -0.330 e. The highest BCUT2D eigenvalue weighted by molar-refractivity contribution is 5.16. The van der Waals surface area contributed by atoms with E-state index in [1.165, 1.54) is 6.07 Å². The first-order valence-corrected chi connectivity index (χ1v) is 6.64. The molecule has 0 saturated heterocycles.